The van der Waals surface area contributed by atoms with Gasteiger partial charge in [0, 0.05) is 32.2 Å². The van der Waals surface area contributed by atoms with Crippen molar-refractivity contribution in [1.82, 2.24) is 14.8 Å². The van der Waals surface area contributed by atoms with E-state index in [2.05, 4.69) is 84.5 Å². The van der Waals surface area contributed by atoms with E-state index in [0.29, 0.717) is 25.6 Å². The highest BCUT2D eigenvalue weighted by molar-refractivity contribution is 5.76. The Balaban J connectivity index is 1.75. The Morgan fingerprint density at radius 2 is 1.87 bits per heavy atom. The highest BCUT2D eigenvalue weighted by Gasteiger charge is 2.32. The Bertz CT molecular complexity index is 1020. The lowest BCUT2D eigenvalue weighted by molar-refractivity contribution is 0.174. The van der Waals surface area contributed by atoms with Crippen molar-refractivity contribution in [3.8, 4) is 5.69 Å². The van der Waals surface area contributed by atoms with E-state index in [0.717, 1.165) is 28.9 Å². The third kappa shape index (κ3) is 4.37. The molecule has 31 heavy (non-hydrogen) atoms. The average molecular weight is 418 g/mol. The zero-order valence-corrected chi connectivity index (χ0v) is 18.5. The van der Waals surface area contributed by atoms with Crippen LogP contribution in [0.3, 0.4) is 0 Å². The van der Waals surface area contributed by atoms with Crippen LogP contribution in [0.1, 0.15) is 54.6 Å². The van der Waals surface area contributed by atoms with Crippen LogP contribution in [0.25, 0.3) is 5.69 Å². The number of fused-ring (bicyclic) bond motifs is 3. The number of carbonyl (C=O) groups is 1. The number of amides is 2. The number of hydrogen-bond acceptors (Lipinski definition) is 2. The van der Waals surface area contributed by atoms with Crippen molar-refractivity contribution in [3.63, 3.8) is 0 Å². The van der Waals surface area contributed by atoms with E-state index in [1.807, 2.05) is 11.0 Å². The van der Waals surface area contributed by atoms with Gasteiger partial charge in [0.1, 0.15) is 0 Å². The lowest BCUT2D eigenvalue weighted by atomic mass is 9.97. The number of ether oxygens (including phenoxy) is 1. The smallest absolute Gasteiger partial charge is 0.318 e. The second-order valence-corrected chi connectivity index (χ2v) is 8.36. The van der Waals surface area contributed by atoms with Crippen LogP contribution in [0.5, 0.6) is 0 Å². The van der Waals surface area contributed by atoms with Gasteiger partial charge in [0.05, 0.1) is 18.3 Å². The molecule has 4 rings (SSSR count). The number of nitrogens with zero attached hydrogens (tertiary/aromatic N) is 2. The molecule has 0 aliphatic carbocycles. The molecule has 0 radical (unpaired) electrons. The number of benzene rings is 2. The molecule has 0 spiro atoms. The fourth-order valence-corrected chi connectivity index (χ4v) is 4.27. The predicted molar refractivity (Wildman–Crippen MR) is 124 cm³/mol. The normalized spacial score (nSPS) is 15.4. The van der Waals surface area contributed by atoms with Crippen molar-refractivity contribution in [1.29, 1.82) is 0 Å². The Labute approximate surface area is 184 Å². The molecular formula is C26H31N3O2. The topological polar surface area (TPSA) is 46.5 Å². The summed E-state index contributed by atoms with van der Waals surface area (Å²) in [6.07, 6.45) is 2.88. The van der Waals surface area contributed by atoms with Crippen molar-refractivity contribution in [2.45, 2.75) is 38.8 Å². The fourth-order valence-electron chi connectivity index (χ4n) is 4.27. The summed E-state index contributed by atoms with van der Waals surface area (Å²) in [7, 11) is 1.68. The molecule has 162 valence electrons. The second kappa shape index (κ2) is 9.40. The Morgan fingerprint density at radius 1 is 1.10 bits per heavy atom. The largest absolute Gasteiger partial charge is 0.385 e. The quantitative estimate of drug-likeness (QED) is 0.557. The van der Waals surface area contributed by atoms with Crippen molar-refractivity contribution in [2.75, 3.05) is 20.3 Å². The standard InChI is InChI=1S/C26H31N3O2/c1-19(2)20-11-13-21(14-12-20)25-24-10-6-16-28(24)23-9-5-4-8-22(23)18-29(25)26(30)27-15-7-17-31-3/h4-6,8-14,16,19,25H,7,15,17-18H2,1-3H3,(H,27,30)/t25-/m0/s1. The first-order chi connectivity index (χ1) is 15.1. The first-order valence-electron chi connectivity index (χ1n) is 11.0. The van der Waals surface area contributed by atoms with E-state index in [1.54, 1.807) is 7.11 Å². The van der Waals surface area contributed by atoms with Crippen LogP contribution in [-0.2, 0) is 11.3 Å². The summed E-state index contributed by atoms with van der Waals surface area (Å²) in [4.78, 5) is 15.3. The van der Waals surface area contributed by atoms with Gasteiger partial charge < -0.3 is 19.5 Å². The lowest BCUT2D eigenvalue weighted by Crippen LogP contribution is -2.42. The van der Waals surface area contributed by atoms with E-state index < -0.39 is 0 Å². The molecule has 2 amide bonds. The summed E-state index contributed by atoms with van der Waals surface area (Å²) in [5.41, 5.74) is 5.76. The van der Waals surface area contributed by atoms with Crippen LogP contribution in [0, 0.1) is 0 Å². The minimum absolute atomic E-state index is 0.0570. The monoisotopic (exact) mass is 417 g/mol. The molecule has 2 heterocycles. The van der Waals surface area contributed by atoms with E-state index in [-0.39, 0.29) is 12.1 Å². The molecular weight excluding hydrogens is 386 g/mol. The van der Waals surface area contributed by atoms with Gasteiger partial charge in [-0.1, -0.05) is 56.3 Å². The van der Waals surface area contributed by atoms with Gasteiger partial charge in [-0.2, -0.15) is 0 Å². The molecule has 5 nitrogen and oxygen atoms in total. The summed E-state index contributed by atoms with van der Waals surface area (Å²) >= 11 is 0. The third-order valence-corrected chi connectivity index (χ3v) is 5.95. The highest BCUT2D eigenvalue weighted by Crippen LogP contribution is 2.36. The maximum absolute atomic E-state index is 13.4. The van der Waals surface area contributed by atoms with E-state index in [4.69, 9.17) is 4.74 Å². The molecule has 5 heteroatoms. The van der Waals surface area contributed by atoms with E-state index in [9.17, 15) is 4.79 Å². The summed E-state index contributed by atoms with van der Waals surface area (Å²) < 4.78 is 7.34. The number of methoxy groups -OCH3 is 1. The number of aromatic nitrogens is 1. The molecule has 1 N–H and O–H groups in total. The van der Waals surface area contributed by atoms with Gasteiger partial charge in [0.2, 0.25) is 0 Å². The number of carbonyl (C=O) groups excluding carboxylic acids is 1. The number of para-hydroxylation sites is 1. The first kappa shape index (κ1) is 21.2. The van der Waals surface area contributed by atoms with Crippen LogP contribution in [0.4, 0.5) is 4.79 Å². The van der Waals surface area contributed by atoms with Crippen LogP contribution in [0.15, 0.2) is 66.9 Å². The summed E-state index contributed by atoms with van der Waals surface area (Å²) in [5, 5.41) is 3.10. The first-order valence-corrected chi connectivity index (χ1v) is 11.0. The third-order valence-electron chi connectivity index (χ3n) is 5.95. The van der Waals surface area contributed by atoms with Gasteiger partial charge in [-0.3, -0.25) is 0 Å². The highest BCUT2D eigenvalue weighted by atomic mass is 16.5. The molecule has 2 aromatic carbocycles. The van der Waals surface area contributed by atoms with Gasteiger partial charge in [-0.25, -0.2) is 4.79 Å². The number of urea groups is 1. The van der Waals surface area contributed by atoms with Crippen molar-refractivity contribution < 1.29 is 9.53 Å². The summed E-state index contributed by atoms with van der Waals surface area (Å²) in [6.45, 7) is 6.16. The average Bonchev–Trinajstić information content (AvgIpc) is 3.21. The molecule has 1 aromatic heterocycles. The lowest BCUT2D eigenvalue weighted by Gasteiger charge is -2.31. The van der Waals surface area contributed by atoms with Crippen LogP contribution >= 0.6 is 0 Å². The minimum atomic E-state index is -0.175. The Hall–Kier alpha value is -3.05. The number of nitrogens with one attached hydrogen (secondary N) is 1. The SMILES string of the molecule is COCCCNC(=O)N1Cc2ccccc2-n2cccc2[C@@H]1c1ccc(C(C)C)cc1. The van der Waals surface area contributed by atoms with Gasteiger partial charge in [0.25, 0.3) is 0 Å². The number of rotatable bonds is 6. The number of hydrogen-bond donors (Lipinski definition) is 1. The Morgan fingerprint density at radius 3 is 2.61 bits per heavy atom. The second-order valence-electron chi connectivity index (χ2n) is 8.36. The molecule has 0 bridgehead atoms. The summed E-state index contributed by atoms with van der Waals surface area (Å²) in [6, 6.07) is 21.0. The molecule has 0 saturated carbocycles. The van der Waals surface area contributed by atoms with Gasteiger partial charge in [-0.15, -0.1) is 0 Å². The molecule has 3 aromatic rings. The van der Waals surface area contributed by atoms with Gasteiger partial charge >= 0.3 is 6.03 Å². The van der Waals surface area contributed by atoms with E-state index in [1.165, 1.54) is 5.56 Å². The van der Waals surface area contributed by atoms with E-state index >= 15 is 0 Å². The minimum Gasteiger partial charge on any atom is -0.385 e. The fraction of sp³-hybridized carbons (Fsp3) is 0.346. The molecule has 0 unspecified atom stereocenters. The van der Waals surface area contributed by atoms with Crippen LogP contribution < -0.4 is 5.32 Å². The maximum atomic E-state index is 13.4. The molecule has 1 aliphatic rings. The zero-order valence-electron chi connectivity index (χ0n) is 18.5. The molecule has 1 atom stereocenters. The molecule has 0 fully saturated rings. The van der Waals surface area contributed by atoms with Crippen molar-refractivity contribution >= 4 is 6.03 Å². The van der Waals surface area contributed by atoms with Gasteiger partial charge in [-0.05, 0) is 47.2 Å². The van der Waals surface area contributed by atoms with Crippen molar-refractivity contribution in [3.05, 3.63) is 89.2 Å². The zero-order chi connectivity index (χ0) is 21.8. The molecule has 0 saturated heterocycles. The molecule has 1 aliphatic heterocycles. The predicted octanol–water partition coefficient (Wildman–Crippen LogP) is 5.25. The maximum Gasteiger partial charge on any atom is 0.318 e. The summed E-state index contributed by atoms with van der Waals surface area (Å²) in [5.74, 6) is 0.469. The van der Waals surface area contributed by atoms with Crippen molar-refractivity contribution in [2.24, 2.45) is 0 Å². The van der Waals surface area contributed by atoms with Crippen LogP contribution in [0.2, 0.25) is 0 Å². The van der Waals surface area contributed by atoms with Gasteiger partial charge in [0.15, 0.2) is 0 Å². The van der Waals surface area contributed by atoms with Crippen LogP contribution in [-0.4, -0.2) is 35.8 Å². The Kier molecular flexibility index (Phi) is 6.42.